The molecule has 0 unspecified atom stereocenters. The zero-order valence-electron chi connectivity index (χ0n) is 12.0. The van der Waals surface area contributed by atoms with Crippen LogP contribution in [0.5, 0.6) is 0 Å². The summed E-state index contributed by atoms with van der Waals surface area (Å²) in [7, 11) is 0. The Balaban J connectivity index is 1.96. The van der Waals surface area contributed by atoms with Gasteiger partial charge in [0.1, 0.15) is 5.69 Å². The molecule has 22 heavy (non-hydrogen) atoms. The molecule has 0 atom stereocenters. The fourth-order valence-corrected chi connectivity index (χ4v) is 3.48. The summed E-state index contributed by atoms with van der Waals surface area (Å²) < 4.78 is 2.37. The van der Waals surface area contributed by atoms with Gasteiger partial charge in [0.2, 0.25) is 5.82 Å². The summed E-state index contributed by atoms with van der Waals surface area (Å²) in [5.41, 5.74) is 6.37. The van der Waals surface area contributed by atoms with E-state index in [1.807, 2.05) is 0 Å². The van der Waals surface area contributed by atoms with Crippen molar-refractivity contribution in [1.82, 2.24) is 4.57 Å². The minimum Gasteiger partial charge on any atom is -0.266 e. The first kappa shape index (κ1) is 11.8. The Morgan fingerprint density at radius 1 is 0.682 bits per heavy atom. The predicted molar refractivity (Wildman–Crippen MR) is 90.0 cm³/mol. The van der Waals surface area contributed by atoms with Crippen LogP contribution in [-0.4, -0.2) is 4.57 Å². The van der Waals surface area contributed by atoms with E-state index in [0.29, 0.717) is 0 Å². The molecule has 0 fully saturated rings. The first-order chi connectivity index (χ1) is 10.9. The van der Waals surface area contributed by atoms with Gasteiger partial charge in [0.15, 0.2) is 0 Å². The summed E-state index contributed by atoms with van der Waals surface area (Å²) in [6.07, 6.45) is 0. The first-order valence-corrected chi connectivity index (χ1v) is 7.56. The van der Waals surface area contributed by atoms with Gasteiger partial charge in [0, 0.05) is 28.6 Å². The van der Waals surface area contributed by atoms with E-state index < -0.39 is 0 Å². The maximum Gasteiger partial charge on any atom is 0.215 e. The number of rotatable bonds is 0. The lowest BCUT2D eigenvalue weighted by molar-refractivity contribution is -0.482. The van der Waals surface area contributed by atoms with E-state index in [1.165, 1.54) is 39.2 Å². The van der Waals surface area contributed by atoms with Gasteiger partial charge in [-0.1, -0.05) is 48.5 Å². The molecule has 0 saturated heterocycles. The first-order valence-electron chi connectivity index (χ1n) is 7.56. The number of hydrogen-bond acceptors (Lipinski definition) is 0. The number of hydrogen-bond donors (Lipinski definition) is 1. The minimum absolute atomic E-state index is 1.23. The Hall–Kier alpha value is -2.84. The van der Waals surface area contributed by atoms with Crippen molar-refractivity contribution in [2.45, 2.75) is 0 Å². The summed E-state index contributed by atoms with van der Waals surface area (Å²) >= 11 is 0. The monoisotopic (exact) mass is 283 g/mol. The summed E-state index contributed by atoms with van der Waals surface area (Å²) in [6, 6.07) is 28.1. The third-order valence-corrected chi connectivity index (χ3v) is 4.44. The van der Waals surface area contributed by atoms with Crippen LogP contribution in [0.4, 0.5) is 11.5 Å². The molecule has 104 valence electrons. The van der Waals surface area contributed by atoms with Crippen LogP contribution in [0.1, 0.15) is 0 Å². The topological polar surface area (TPSA) is 21.5 Å². The standard InChI is InChI=1S/C20H14N2/c1-5-11-18-14(7-1)13-20-21-17-10-4-2-8-15(17)16-9-3-6-12-19(16)22(18)20/h1-13,21H/p+1. The minimum atomic E-state index is 1.23. The van der Waals surface area contributed by atoms with E-state index in [2.05, 4.69) is 88.7 Å². The number of nitrogens with zero attached hydrogens (tertiary/aromatic N) is 1. The lowest BCUT2D eigenvalue weighted by atomic mass is 10.0. The SMILES string of the molecule is c1ccc2c(c1)[NH2+]c1cc3ccccc3n1-c1ccccc1-2. The van der Waals surface area contributed by atoms with Gasteiger partial charge < -0.3 is 0 Å². The third kappa shape index (κ3) is 1.53. The summed E-state index contributed by atoms with van der Waals surface area (Å²) in [5, 5.41) is 3.57. The zero-order chi connectivity index (χ0) is 14.5. The van der Waals surface area contributed by atoms with E-state index in [-0.39, 0.29) is 0 Å². The number of benzene rings is 3. The average molecular weight is 283 g/mol. The molecule has 0 spiro atoms. The molecule has 2 nitrogen and oxygen atoms in total. The molecule has 0 aliphatic carbocycles. The molecular formula is C20H15N2+. The van der Waals surface area contributed by atoms with Gasteiger partial charge >= 0.3 is 0 Å². The molecule has 0 amide bonds. The van der Waals surface area contributed by atoms with Crippen molar-refractivity contribution >= 4 is 22.4 Å². The van der Waals surface area contributed by atoms with Gasteiger partial charge in [0.25, 0.3) is 0 Å². The maximum atomic E-state index is 2.37. The quantitative estimate of drug-likeness (QED) is 0.413. The number of nitrogens with two attached hydrogens (primary N) is 1. The summed E-state index contributed by atoms with van der Waals surface area (Å²) in [4.78, 5) is 0. The fraction of sp³-hybridized carbons (Fsp3) is 0. The Morgan fingerprint density at radius 3 is 2.36 bits per heavy atom. The Labute approximate surface area is 128 Å². The van der Waals surface area contributed by atoms with Crippen LogP contribution in [0.25, 0.3) is 27.7 Å². The molecule has 0 radical (unpaired) electrons. The summed E-state index contributed by atoms with van der Waals surface area (Å²) in [6.45, 7) is 0. The maximum absolute atomic E-state index is 2.37. The van der Waals surface area contributed by atoms with Crippen molar-refractivity contribution in [2.75, 3.05) is 0 Å². The second kappa shape index (κ2) is 4.33. The molecule has 1 aromatic heterocycles. The molecule has 0 saturated carbocycles. The molecular weight excluding hydrogens is 268 g/mol. The number of fused-ring (bicyclic) bond motifs is 7. The van der Waals surface area contributed by atoms with Crippen molar-refractivity contribution in [3.63, 3.8) is 0 Å². The Kier molecular flexibility index (Phi) is 2.32. The summed E-state index contributed by atoms with van der Waals surface area (Å²) in [5.74, 6) is 1.23. The van der Waals surface area contributed by atoms with E-state index in [0.717, 1.165) is 0 Å². The fourth-order valence-electron chi connectivity index (χ4n) is 3.48. The van der Waals surface area contributed by atoms with Gasteiger partial charge in [-0.05, 0) is 18.2 Å². The molecule has 2 heterocycles. The van der Waals surface area contributed by atoms with Gasteiger partial charge in [0.05, 0.1) is 11.2 Å². The molecule has 0 bridgehead atoms. The molecule has 2 N–H and O–H groups in total. The van der Waals surface area contributed by atoms with E-state index >= 15 is 0 Å². The predicted octanol–water partition coefficient (Wildman–Crippen LogP) is 4.14. The van der Waals surface area contributed by atoms with Crippen LogP contribution in [0, 0.1) is 0 Å². The molecule has 5 rings (SSSR count). The molecule has 2 heteroatoms. The van der Waals surface area contributed by atoms with Crippen molar-refractivity contribution in [3.05, 3.63) is 78.9 Å². The van der Waals surface area contributed by atoms with Crippen LogP contribution in [0.3, 0.4) is 0 Å². The van der Waals surface area contributed by atoms with E-state index in [1.54, 1.807) is 0 Å². The Bertz CT molecular complexity index is 1010. The lowest BCUT2D eigenvalue weighted by Crippen LogP contribution is -2.71. The zero-order valence-corrected chi connectivity index (χ0v) is 12.0. The van der Waals surface area contributed by atoms with Crippen molar-refractivity contribution in [1.29, 1.82) is 0 Å². The highest BCUT2D eigenvalue weighted by Crippen LogP contribution is 2.37. The molecule has 4 aromatic rings. The van der Waals surface area contributed by atoms with Gasteiger partial charge in [-0.3, -0.25) is 9.88 Å². The number of para-hydroxylation sites is 3. The smallest absolute Gasteiger partial charge is 0.215 e. The second-order valence-corrected chi connectivity index (χ2v) is 5.71. The van der Waals surface area contributed by atoms with Crippen molar-refractivity contribution in [2.24, 2.45) is 0 Å². The molecule has 1 aliphatic rings. The largest absolute Gasteiger partial charge is 0.266 e. The highest BCUT2D eigenvalue weighted by atomic mass is 15.1. The van der Waals surface area contributed by atoms with Gasteiger partial charge in [-0.15, -0.1) is 0 Å². The highest BCUT2D eigenvalue weighted by molar-refractivity contribution is 5.90. The van der Waals surface area contributed by atoms with Crippen molar-refractivity contribution in [3.8, 4) is 16.8 Å². The third-order valence-electron chi connectivity index (χ3n) is 4.44. The number of aromatic nitrogens is 1. The number of quaternary nitrogens is 1. The lowest BCUT2D eigenvalue weighted by Gasteiger charge is -2.09. The van der Waals surface area contributed by atoms with Gasteiger partial charge in [-0.25, -0.2) is 0 Å². The van der Waals surface area contributed by atoms with Crippen molar-refractivity contribution < 1.29 is 5.32 Å². The van der Waals surface area contributed by atoms with Crippen LogP contribution in [0.2, 0.25) is 0 Å². The molecule has 1 aliphatic heterocycles. The average Bonchev–Trinajstić information content (AvgIpc) is 2.86. The molecule has 3 aromatic carbocycles. The van der Waals surface area contributed by atoms with Crippen LogP contribution in [0.15, 0.2) is 78.9 Å². The normalized spacial score (nSPS) is 12.4. The van der Waals surface area contributed by atoms with Crippen LogP contribution in [-0.2, 0) is 0 Å². The van der Waals surface area contributed by atoms with Crippen LogP contribution < -0.4 is 5.32 Å². The second-order valence-electron chi connectivity index (χ2n) is 5.71. The van der Waals surface area contributed by atoms with Gasteiger partial charge in [-0.2, -0.15) is 0 Å². The van der Waals surface area contributed by atoms with Crippen LogP contribution >= 0.6 is 0 Å². The van der Waals surface area contributed by atoms with E-state index in [4.69, 9.17) is 0 Å². The van der Waals surface area contributed by atoms with E-state index in [9.17, 15) is 0 Å². The Morgan fingerprint density at radius 2 is 1.41 bits per heavy atom. The highest BCUT2D eigenvalue weighted by Gasteiger charge is 2.23.